The zero-order valence-electron chi connectivity index (χ0n) is 8.64. The highest BCUT2D eigenvalue weighted by atomic mass is 32.2. The van der Waals surface area contributed by atoms with E-state index in [1.54, 1.807) is 6.92 Å². The third-order valence-corrected chi connectivity index (χ3v) is 2.49. The summed E-state index contributed by atoms with van der Waals surface area (Å²) in [5, 5.41) is 12.1. The number of primary sulfonamides is 1. The van der Waals surface area contributed by atoms with Crippen molar-refractivity contribution in [2.75, 3.05) is 0 Å². The molecule has 0 fully saturated rings. The van der Waals surface area contributed by atoms with Crippen LogP contribution in [-0.4, -0.2) is 23.2 Å². The van der Waals surface area contributed by atoms with Gasteiger partial charge in [-0.1, -0.05) is 0 Å². The maximum atomic E-state index is 11.2. The van der Waals surface area contributed by atoms with E-state index in [1.165, 1.54) is 4.57 Å². The van der Waals surface area contributed by atoms with Crippen LogP contribution in [-0.2, 0) is 15.6 Å². The Kier molecular flexibility index (Phi) is 2.41. The van der Waals surface area contributed by atoms with Gasteiger partial charge in [0, 0.05) is 5.54 Å². The molecule has 0 spiro atoms. The van der Waals surface area contributed by atoms with Crippen LogP contribution in [0.3, 0.4) is 0 Å². The smallest absolute Gasteiger partial charge is 0.273 e. The van der Waals surface area contributed by atoms with Crippen LogP contribution < -0.4 is 5.14 Å². The number of sulfonamides is 1. The van der Waals surface area contributed by atoms with Crippen LogP contribution in [0.1, 0.15) is 26.6 Å². The van der Waals surface area contributed by atoms with Gasteiger partial charge in [0.05, 0.1) is 0 Å². The van der Waals surface area contributed by atoms with Gasteiger partial charge in [0.1, 0.15) is 5.82 Å². The molecule has 0 aromatic carbocycles. The quantitative estimate of drug-likeness (QED) is 0.717. The van der Waals surface area contributed by atoms with Gasteiger partial charge < -0.3 is 0 Å². The van der Waals surface area contributed by atoms with Gasteiger partial charge in [0.2, 0.25) is 0 Å². The Labute approximate surface area is 83.2 Å². The van der Waals surface area contributed by atoms with Crippen molar-refractivity contribution in [2.24, 2.45) is 5.14 Å². The van der Waals surface area contributed by atoms with Crippen molar-refractivity contribution in [3.8, 4) is 0 Å². The van der Waals surface area contributed by atoms with Crippen molar-refractivity contribution in [3.05, 3.63) is 5.82 Å². The lowest BCUT2D eigenvalue weighted by Gasteiger charge is -2.23. The Balaban J connectivity index is 3.50. The van der Waals surface area contributed by atoms with Crippen LogP contribution in [0.15, 0.2) is 5.16 Å². The van der Waals surface area contributed by atoms with Gasteiger partial charge in [-0.15, -0.1) is 10.2 Å². The summed E-state index contributed by atoms with van der Waals surface area (Å²) in [5.74, 6) is 0.529. The molecule has 0 amide bonds. The van der Waals surface area contributed by atoms with Gasteiger partial charge >= 0.3 is 0 Å². The molecule has 0 unspecified atom stereocenters. The van der Waals surface area contributed by atoms with Crippen molar-refractivity contribution in [3.63, 3.8) is 0 Å². The molecule has 0 aliphatic carbocycles. The SMILES string of the molecule is Cc1nnc(S(N)(=O)=O)n1C(C)(C)C. The summed E-state index contributed by atoms with van der Waals surface area (Å²) >= 11 is 0. The Morgan fingerprint density at radius 3 is 2.07 bits per heavy atom. The Morgan fingerprint density at radius 2 is 1.79 bits per heavy atom. The van der Waals surface area contributed by atoms with E-state index in [1.807, 2.05) is 20.8 Å². The molecule has 1 aromatic rings. The standard InChI is InChI=1S/C7H14N4O2S/c1-5-9-10-6(14(8,12)13)11(5)7(2,3)4/h1-4H3,(H2,8,12,13). The molecule has 1 heterocycles. The van der Waals surface area contributed by atoms with Gasteiger partial charge in [0.25, 0.3) is 15.2 Å². The first-order valence-electron chi connectivity index (χ1n) is 4.09. The molecule has 0 radical (unpaired) electrons. The minimum absolute atomic E-state index is 0.192. The third kappa shape index (κ3) is 1.93. The van der Waals surface area contributed by atoms with Crippen LogP contribution in [0.2, 0.25) is 0 Å². The van der Waals surface area contributed by atoms with Gasteiger partial charge in [-0.25, -0.2) is 13.6 Å². The molecule has 7 heteroatoms. The molecule has 0 atom stereocenters. The minimum atomic E-state index is -3.81. The molecule has 0 aliphatic rings. The summed E-state index contributed by atoms with van der Waals surface area (Å²) in [6.45, 7) is 7.26. The Hall–Kier alpha value is -0.950. The molecular formula is C7H14N4O2S. The zero-order valence-corrected chi connectivity index (χ0v) is 9.46. The molecule has 1 rings (SSSR count). The maximum Gasteiger partial charge on any atom is 0.273 e. The molecule has 1 aromatic heterocycles. The summed E-state index contributed by atoms with van der Waals surface area (Å²) in [5.41, 5.74) is -0.407. The van der Waals surface area contributed by atoms with E-state index in [2.05, 4.69) is 10.2 Å². The highest BCUT2D eigenvalue weighted by Gasteiger charge is 2.26. The van der Waals surface area contributed by atoms with Crippen LogP contribution in [0, 0.1) is 6.92 Å². The first-order chi connectivity index (χ1) is 6.14. The number of aromatic nitrogens is 3. The first kappa shape index (κ1) is 11.1. The molecule has 14 heavy (non-hydrogen) atoms. The lowest BCUT2D eigenvalue weighted by atomic mass is 10.1. The highest BCUT2D eigenvalue weighted by molar-refractivity contribution is 7.89. The highest BCUT2D eigenvalue weighted by Crippen LogP contribution is 2.19. The lowest BCUT2D eigenvalue weighted by molar-refractivity contribution is 0.354. The van der Waals surface area contributed by atoms with Crippen molar-refractivity contribution in [2.45, 2.75) is 38.4 Å². The second-order valence-corrected chi connectivity index (χ2v) is 5.54. The van der Waals surface area contributed by atoms with Crippen molar-refractivity contribution >= 4 is 10.0 Å². The molecule has 80 valence electrons. The summed E-state index contributed by atoms with van der Waals surface area (Å²) in [6.07, 6.45) is 0. The third-order valence-electron chi connectivity index (χ3n) is 1.72. The van der Waals surface area contributed by atoms with Crippen LogP contribution in [0.4, 0.5) is 0 Å². The van der Waals surface area contributed by atoms with E-state index in [9.17, 15) is 8.42 Å². The van der Waals surface area contributed by atoms with Gasteiger partial charge in [0.15, 0.2) is 0 Å². The van der Waals surface area contributed by atoms with Gasteiger partial charge in [-0.2, -0.15) is 0 Å². The molecule has 0 bridgehead atoms. The lowest BCUT2D eigenvalue weighted by Crippen LogP contribution is -2.29. The molecular weight excluding hydrogens is 204 g/mol. The second kappa shape index (κ2) is 3.03. The summed E-state index contributed by atoms with van der Waals surface area (Å²) in [4.78, 5) is 0. The van der Waals surface area contributed by atoms with Crippen LogP contribution in [0.5, 0.6) is 0 Å². The zero-order chi connectivity index (χ0) is 11.1. The first-order valence-corrected chi connectivity index (χ1v) is 5.64. The predicted molar refractivity (Wildman–Crippen MR) is 51.1 cm³/mol. The largest absolute Gasteiger partial charge is 0.296 e. The molecule has 0 saturated carbocycles. The number of aryl methyl sites for hydroxylation is 1. The normalized spacial score (nSPS) is 13.2. The van der Waals surface area contributed by atoms with Crippen molar-refractivity contribution < 1.29 is 8.42 Å². The second-order valence-electron chi connectivity index (χ2n) is 4.08. The molecule has 2 N–H and O–H groups in total. The number of hydrogen-bond acceptors (Lipinski definition) is 4. The fraction of sp³-hybridized carbons (Fsp3) is 0.714. The topological polar surface area (TPSA) is 90.9 Å². The number of nitrogens with two attached hydrogens (primary N) is 1. The van der Waals surface area contributed by atoms with E-state index in [4.69, 9.17) is 5.14 Å². The van der Waals surface area contributed by atoms with Crippen molar-refractivity contribution in [1.82, 2.24) is 14.8 Å². The summed E-state index contributed by atoms with van der Waals surface area (Å²) in [6, 6.07) is 0. The molecule has 0 aliphatic heterocycles. The predicted octanol–water partition coefficient (Wildman–Crippen LogP) is -0.0111. The van der Waals surface area contributed by atoms with Crippen molar-refractivity contribution in [1.29, 1.82) is 0 Å². The van der Waals surface area contributed by atoms with Gasteiger partial charge in [-0.3, -0.25) is 4.57 Å². The average Bonchev–Trinajstić information content (AvgIpc) is 2.27. The molecule has 0 saturated heterocycles. The van der Waals surface area contributed by atoms with Crippen LogP contribution >= 0.6 is 0 Å². The van der Waals surface area contributed by atoms with Crippen LogP contribution in [0.25, 0.3) is 0 Å². The summed E-state index contributed by atoms with van der Waals surface area (Å²) in [7, 11) is -3.81. The summed E-state index contributed by atoms with van der Waals surface area (Å²) < 4.78 is 23.8. The number of hydrogen-bond donors (Lipinski definition) is 1. The molecule has 6 nitrogen and oxygen atoms in total. The number of nitrogens with zero attached hydrogens (tertiary/aromatic N) is 3. The fourth-order valence-electron chi connectivity index (χ4n) is 1.30. The Morgan fingerprint density at radius 1 is 1.29 bits per heavy atom. The maximum absolute atomic E-state index is 11.2. The minimum Gasteiger partial charge on any atom is -0.296 e. The van der Waals surface area contributed by atoms with Gasteiger partial charge in [-0.05, 0) is 27.7 Å². The monoisotopic (exact) mass is 218 g/mol. The van der Waals surface area contributed by atoms with E-state index >= 15 is 0 Å². The van der Waals surface area contributed by atoms with E-state index in [0.29, 0.717) is 5.82 Å². The fourth-order valence-corrected chi connectivity index (χ4v) is 2.11. The average molecular weight is 218 g/mol. The van der Waals surface area contributed by atoms with E-state index in [-0.39, 0.29) is 5.16 Å². The van der Waals surface area contributed by atoms with E-state index < -0.39 is 15.6 Å². The van der Waals surface area contributed by atoms with E-state index in [0.717, 1.165) is 0 Å². The number of rotatable bonds is 1. The Bertz CT molecular complexity index is 441.